The normalized spacial score (nSPS) is 11.3. The Labute approximate surface area is 127 Å². The molecule has 0 bridgehead atoms. The second-order valence-corrected chi connectivity index (χ2v) is 6.07. The maximum atomic E-state index is 10.6. The van der Waals surface area contributed by atoms with Crippen molar-refractivity contribution in [3.05, 3.63) is 33.3 Å². The Morgan fingerprint density at radius 2 is 2.16 bits per heavy atom. The summed E-state index contributed by atoms with van der Waals surface area (Å²) in [6, 6.07) is 6.26. The first kappa shape index (κ1) is 16.5. The molecule has 19 heavy (non-hydrogen) atoms. The van der Waals surface area contributed by atoms with Gasteiger partial charge in [0, 0.05) is 23.5 Å². The topological polar surface area (TPSA) is 40.5 Å². The lowest BCUT2D eigenvalue weighted by Crippen LogP contribution is -2.31. The molecule has 1 aromatic carbocycles. The number of hydrogen-bond acceptors (Lipinski definition) is 2. The van der Waals surface area contributed by atoms with Crippen molar-refractivity contribution in [2.45, 2.75) is 39.3 Å². The van der Waals surface area contributed by atoms with Crippen LogP contribution in [0.3, 0.4) is 0 Å². The highest BCUT2D eigenvalue weighted by molar-refractivity contribution is 9.10. The molecule has 3 nitrogen and oxygen atoms in total. The fraction of sp³-hybridized carbons (Fsp3) is 0.500. The van der Waals surface area contributed by atoms with Gasteiger partial charge in [0.1, 0.15) is 0 Å². The monoisotopic (exact) mass is 347 g/mol. The van der Waals surface area contributed by atoms with Gasteiger partial charge in [-0.25, -0.2) is 0 Å². The Morgan fingerprint density at radius 3 is 2.68 bits per heavy atom. The van der Waals surface area contributed by atoms with Gasteiger partial charge >= 0.3 is 5.97 Å². The number of nitrogens with zero attached hydrogens (tertiary/aromatic N) is 1. The highest BCUT2D eigenvalue weighted by Gasteiger charge is 2.11. The molecule has 0 radical (unpaired) electrons. The van der Waals surface area contributed by atoms with Crippen LogP contribution in [-0.2, 0) is 11.3 Å². The molecule has 0 aliphatic carbocycles. The summed E-state index contributed by atoms with van der Waals surface area (Å²) in [6.07, 6.45) is 0.885. The van der Waals surface area contributed by atoms with Crippen molar-refractivity contribution < 1.29 is 9.90 Å². The van der Waals surface area contributed by atoms with Gasteiger partial charge < -0.3 is 5.11 Å². The molecule has 0 saturated heterocycles. The van der Waals surface area contributed by atoms with Gasteiger partial charge in [-0.15, -0.1) is 0 Å². The minimum Gasteiger partial charge on any atom is -0.481 e. The Balaban J connectivity index is 2.62. The van der Waals surface area contributed by atoms with E-state index in [1.165, 1.54) is 5.56 Å². The SMILES string of the molecule is CC(C)N(CCCC(=O)O)Cc1ccc(Cl)c(Br)c1. The molecule has 0 aliphatic rings. The zero-order chi connectivity index (χ0) is 14.4. The lowest BCUT2D eigenvalue weighted by molar-refractivity contribution is -0.137. The van der Waals surface area contributed by atoms with Crippen molar-refractivity contribution in [1.82, 2.24) is 4.90 Å². The molecule has 0 amide bonds. The lowest BCUT2D eigenvalue weighted by atomic mass is 10.1. The number of carboxylic acid groups (broad SMARTS) is 1. The van der Waals surface area contributed by atoms with Crippen molar-refractivity contribution in [1.29, 1.82) is 0 Å². The molecule has 0 aliphatic heterocycles. The van der Waals surface area contributed by atoms with Gasteiger partial charge in [-0.05, 0) is 60.4 Å². The van der Waals surface area contributed by atoms with E-state index in [1.807, 2.05) is 18.2 Å². The van der Waals surface area contributed by atoms with Crippen LogP contribution >= 0.6 is 27.5 Å². The average molecular weight is 349 g/mol. The number of aliphatic carboxylic acids is 1. The Hall–Kier alpha value is -0.580. The average Bonchev–Trinajstić information content (AvgIpc) is 2.32. The molecule has 0 atom stereocenters. The maximum absolute atomic E-state index is 10.6. The summed E-state index contributed by atoms with van der Waals surface area (Å²) in [5, 5.41) is 9.38. The number of carboxylic acids is 1. The predicted octanol–water partition coefficient (Wildman–Crippen LogP) is 4.18. The minimum absolute atomic E-state index is 0.216. The summed E-state index contributed by atoms with van der Waals surface area (Å²) in [5.41, 5.74) is 1.17. The van der Waals surface area contributed by atoms with E-state index in [4.69, 9.17) is 16.7 Å². The Morgan fingerprint density at radius 1 is 1.47 bits per heavy atom. The van der Waals surface area contributed by atoms with Crippen LogP contribution in [0.5, 0.6) is 0 Å². The zero-order valence-corrected chi connectivity index (χ0v) is 13.5. The van der Waals surface area contributed by atoms with E-state index in [0.717, 1.165) is 17.6 Å². The van der Waals surface area contributed by atoms with Crippen molar-refractivity contribution >= 4 is 33.5 Å². The van der Waals surface area contributed by atoms with E-state index in [9.17, 15) is 4.79 Å². The molecule has 0 fully saturated rings. The van der Waals surface area contributed by atoms with E-state index in [2.05, 4.69) is 34.7 Å². The molecule has 106 valence electrons. The highest BCUT2D eigenvalue weighted by Crippen LogP contribution is 2.24. The van der Waals surface area contributed by atoms with Crippen molar-refractivity contribution in [2.75, 3.05) is 6.54 Å². The van der Waals surface area contributed by atoms with Gasteiger partial charge in [0.05, 0.1) is 5.02 Å². The van der Waals surface area contributed by atoms with E-state index in [0.29, 0.717) is 17.5 Å². The number of carbonyl (C=O) groups is 1. The van der Waals surface area contributed by atoms with Gasteiger partial charge in [-0.1, -0.05) is 17.7 Å². The number of halogens is 2. The van der Waals surface area contributed by atoms with Gasteiger partial charge in [-0.2, -0.15) is 0 Å². The van der Waals surface area contributed by atoms with Crippen LogP contribution in [0.2, 0.25) is 5.02 Å². The molecule has 0 aromatic heterocycles. The standard InChI is InChI=1S/C14H19BrClNO2/c1-10(2)17(7-3-4-14(18)19)9-11-5-6-13(16)12(15)8-11/h5-6,8,10H,3-4,7,9H2,1-2H3,(H,18,19). The van der Waals surface area contributed by atoms with Crippen LogP contribution in [0, 0.1) is 0 Å². The fourth-order valence-corrected chi connectivity index (χ4v) is 2.37. The molecule has 0 unspecified atom stereocenters. The first-order chi connectivity index (χ1) is 8.90. The van der Waals surface area contributed by atoms with Gasteiger partial charge in [0.2, 0.25) is 0 Å². The molecule has 0 heterocycles. The Kier molecular flexibility index (Phi) is 6.83. The van der Waals surface area contributed by atoms with E-state index >= 15 is 0 Å². The summed E-state index contributed by atoms with van der Waals surface area (Å²) in [5.74, 6) is -0.738. The summed E-state index contributed by atoms with van der Waals surface area (Å²) >= 11 is 9.39. The molecule has 0 spiro atoms. The van der Waals surface area contributed by atoms with Crippen molar-refractivity contribution in [2.24, 2.45) is 0 Å². The molecule has 1 N–H and O–H groups in total. The third-order valence-corrected chi connectivity index (χ3v) is 4.15. The Bertz CT molecular complexity index is 437. The quantitative estimate of drug-likeness (QED) is 0.803. The molecular weight excluding hydrogens is 330 g/mol. The number of rotatable bonds is 7. The van der Waals surface area contributed by atoms with E-state index in [1.54, 1.807) is 0 Å². The summed E-state index contributed by atoms with van der Waals surface area (Å²) in [7, 11) is 0. The smallest absolute Gasteiger partial charge is 0.303 e. The molecule has 1 aromatic rings. The minimum atomic E-state index is -0.738. The van der Waals surface area contributed by atoms with Crippen LogP contribution in [0.25, 0.3) is 0 Å². The molecule has 0 saturated carbocycles. The van der Waals surface area contributed by atoms with Crippen LogP contribution < -0.4 is 0 Å². The first-order valence-corrected chi connectivity index (χ1v) is 7.47. The second kappa shape index (κ2) is 7.88. The maximum Gasteiger partial charge on any atom is 0.303 e. The van der Waals surface area contributed by atoms with Crippen LogP contribution in [-0.4, -0.2) is 28.6 Å². The molecular formula is C14H19BrClNO2. The zero-order valence-electron chi connectivity index (χ0n) is 11.2. The van der Waals surface area contributed by atoms with E-state index < -0.39 is 5.97 Å². The number of hydrogen-bond donors (Lipinski definition) is 1. The van der Waals surface area contributed by atoms with Gasteiger partial charge in [0.25, 0.3) is 0 Å². The van der Waals surface area contributed by atoms with Crippen LogP contribution in [0.15, 0.2) is 22.7 Å². The second-order valence-electron chi connectivity index (χ2n) is 4.81. The molecule has 1 rings (SSSR count). The van der Waals surface area contributed by atoms with Gasteiger partial charge in [-0.3, -0.25) is 9.69 Å². The first-order valence-electron chi connectivity index (χ1n) is 6.30. The van der Waals surface area contributed by atoms with Crippen molar-refractivity contribution in [3.63, 3.8) is 0 Å². The summed E-state index contributed by atoms with van der Waals surface area (Å²) in [6.45, 7) is 5.81. The third-order valence-electron chi connectivity index (χ3n) is 2.94. The molecule has 5 heteroatoms. The third kappa shape index (κ3) is 5.93. The van der Waals surface area contributed by atoms with Crippen LogP contribution in [0.4, 0.5) is 0 Å². The largest absolute Gasteiger partial charge is 0.481 e. The number of benzene rings is 1. The lowest BCUT2D eigenvalue weighted by Gasteiger charge is -2.26. The van der Waals surface area contributed by atoms with Gasteiger partial charge in [0.15, 0.2) is 0 Å². The predicted molar refractivity (Wildman–Crippen MR) is 81.6 cm³/mol. The fourth-order valence-electron chi connectivity index (χ4n) is 1.83. The van der Waals surface area contributed by atoms with Crippen molar-refractivity contribution in [3.8, 4) is 0 Å². The summed E-state index contributed by atoms with van der Waals surface area (Å²) < 4.78 is 0.890. The van der Waals surface area contributed by atoms with Crippen LogP contribution in [0.1, 0.15) is 32.3 Å². The highest BCUT2D eigenvalue weighted by atomic mass is 79.9. The summed E-state index contributed by atoms with van der Waals surface area (Å²) in [4.78, 5) is 12.8. The van der Waals surface area contributed by atoms with E-state index in [-0.39, 0.29) is 6.42 Å².